The van der Waals surface area contributed by atoms with Gasteiger partial charge in [0.2, 0.25) is 5.91 Å². The van der Waals surface area contributed by atoms with Crippen LogP contribution in [-0.2, 0) is 24.2 Å². The second-order valence-electron chi connectivity index (χ2n) is 6.91. The Morgan fingerprint density at radius 3 is 2.81 bits per heavy atom. The van der Waals surface area contributed by atoms with Gasteiger partial charge in [0, 0.05) is 18.4 Å². The molecule has 0 fully saturated rings. The zero-order valence-electron chi connectivity index (χ0n) is 14.9. The zero-order valence-corrected chi connectivity index (χ0v) is 14.9. The molecule has 3 aromatic rings. The van der Waals surface area contributed by atoms with Crippen molar-refractivity contribution in [2.45, 2.75) is 39.3 Å². The highest BCUT2D eigenvalue weighted by atomic mass is 16.2. The van der Waals surface area contributed by atoms with Crippen molar-refractivity contribution in [3.8, 4) is 0 Å². The molecule has 0 saturated heterocycles. The number of rotatable bonds is 3. The minimum atomic E-state index is -0.119. The van der Waals surface area contributed by atoms with Crippen molar-refractivity contribution < 1.29 is 4.79 Å². The maximum atomic E-state index is 12.9. The van der Waals surface area contributed by atoms with Crippen LogP contribution in [0.2, 0.25) is 0 Å². The first-order valence-electron chi connectivity index (χ1n) is 8.84. The van der Waals surface area contributed by atoms with E-state index >= 15 is 0 Å². The topological polar surface area (TPSA) is 83.9 Å². The molecule has 3 heterocycles. The van der Waals surface area contributed by atoms with Crippen LogP contribution in [0.3, 0.4) is 0 Å². The quantitative estimate of drug-likeness (QED) is 0.780. The first-order chi connectivity index (χ1) is 12.5. The molecular formula is C19H21N5O2. The first-order valence-corrected chi connectivity index (χ1v) is 8.84. The lowest BCUT2D eigenvalue weighted by Gasteiger charge is -2.26. The molecule has 1 amide bonds. The predicted molar refractivity (Wildman–Crippen MR) is 97.8 cm³/mol. The van der Waals surface area contributed by atoms with Gasteiger partial charge in [-0.3, -0.25) is 9.59 Å². The van der Waals surface area contributed by atoms with Crippen molar-refractivity contribution in [2.24, 2.45) is 0 Å². The molecule has 0 saturated carbocycles. The average Bonchev–Trinajstić information content (AvgIpc) is 3.11. The Morgan fingerprint density at radius 1 is 1.27 bits per heavy atom. The Bertz CT molecular complexity index is 1030. The van der Waals surface area contributed by atoms with Gasteiger partial charge >= 0.3 is 0 Å². The van der Waals surface area contributed by atoms with Gasteiger partial charge in [-0.05, 0) is 19.9 Å². The van der Waals surface area contributed by atoms with Gasteiger partial charge in [0.25, 0.3) is 5.56 Å². The van der Waals surface area contributed by atoms with Crippen molar-refractivity contribution in [2.75, 3.05) is 6.54 Å². The highest BCUT2D eigenvalue weighted by Gasteiger charge is 2.24. The Hall–Kier alpha value is -2.96. The van der Waals surface area contributed by atoms with Crippen LogP contribution >= 0.6 is 0 Å². The molecule has 0 bridgehead atoms. The van der Waals surface area contributed by atoms with Gasteiger partial charge in [0.1, 0.15) is 0 Å². The number of hydrogen-bond acceptors (Lipinski definition) is 4. The average molecular weight is 351 g/mol. The molecule has 134 valence electrons. The van der Waals surface area contributed by atoms with Gasteiger partial charge in [-0.15, -0.1) is 0 Å². The summed E-state index contributed by atoms with van der Waals surface area (Å²) in [6.07, 6.45) is 2.60. The summed E-state index contributed by atoms with van der Waals surface area (Å²) in [4.78, 5) is 34.7. The first kappa shape index (κ1) is 16.5. The van der Waals surface area contributed by atoms with Gasteiger partial charge in [-0.2, -0.15) is 5.10 Å². The number of nitrogens with one attached hydrogen (secondary N) is 1. The van der Waals surface area contributed by atoms with E-state index in [1.165, 1.54) is 4.68 Å². The lowest BCUT2D eigenvalue weighted by atomic mass is 10.1. The second-order valence-corrected chi connectivity index (χ2v) is 6.91. The molecule has 26 heavy (non-hydrogen) atoms. The number of H-pyrrole nitrogens is 1. The predicted octanol–water partition coefficient (Wildman–Crippen LogP) is 1.83. The van der Waals surface area contributed by atoms with Gasteiger partial charge in [0.15, 0.2) is 0 Å². The fourth-order valence-electron chi connectivity index (χ4n) is 3.43. The molecule has 1 aliphatic heterocycles. The molecule has 0 radical (unpaired) electrons. The lowest BCUT2D eigenvalue weighted by molar-refractivity contribution is -0.131. The van der Waals surface area contributed by atoms with E-state index in [4.69, 9.17) is 0 Å². The van der Waals surface area contributed by atoms with E-state index in [1.54, 1.807) is 12.4 Å². The molecule has 0 spiro atoms. The molecule has 1 N–H and O–H groups in total. The molecule has 4 rings (SSSR count). The van der Waals surface area contributed by atoms with Gasteiger partial charge in [-0.25, -0.2) is 9.67 Å². The number of fused-ring (bicyclic) bond motifs is 2. The van der Waals surface area contributed by atoms with E-state index in [9.17, 15) is 9.59 Å². The van der Waals surface area contributed by atoms with Crippen LogP contribution < -0.4 is 5.56 Å². The molecule has 0 atom stereocenters. The summed E-state index contributed by atoms with van der Waals surface area (Å²) < 4.78 is 1.47. The highest BCUT2D eigenvalue weighted by molar-refractivity contribution is 5.88. The molecule has 1 aliphatic rings. The highest BCUT2D eigenvalue weighted by Crippen LogP contribution is 2.19. The summed E-state index contributed by atoms with van der Waals surface area (Å²) in [7, 11) is 0. The molecular weight excluding hydrogens is 330 g/mol. The van der Waals surface area contributed by atoms with E-state index in [1.807, 2.05) is 36.9 Å². The standard InChI is InChI=1S/C19H21N5O2/c1-12(2)24-19(26)14-6-4-3-5-13(14)16(22-24)9-18(25)23-8-7-15-17(10-23)21-11-20-15/h3-6,11-12H,7-10H2,1-2H3,(H,20,21). The summed E-state index contributed by atoms with van der Waals surface area (Å²) in [5.41, 5.74) is 2.56. The Labute approximate surface area is 150 Å². The third-order valence-corrected chi connectivity index (χ3v) is 4.84. The minimum Gasteiger partial charge on any atom is -0.347 e. The minimum absolute atomic E-state index is 0.0110. The third-order valence-electron chi connectivity index (χ3n) is 4.84. The maximum absolute atomic E-state index is 12.9. The van der Waals surface area contributed by atoms with E-state index in [2.05, 4.69) is 15.1 Å². The summed E-state index contributed by atoms with van der Waals surface area (Å²) in [6.45, 7) is 5.02. The molecule has 0 aliphatic carbocycles. The van der Waals surface area contributed by atoms with Crippen LogP contribution in [-0.4, -0.2) is 37.1 Å². The van der Waals surface area contributed by atoms with E-state index in [0.29, 0.717) is 24.2 Å². The van der Waals surface area contributed by atoms with Gasteiger partial charge < -0.3 is 9.88 Å². The number of aromatic nitrogens is 4. The summed E-state index contributed by atoms with van der Waals surface area (Å²) in [5, 5.41) is 5.86. The van der Waals surface area contributed by atoms with Crippen molar-refractivity contribution >= 4 is 16.7 Å². The molecule has 7 nitrogen and oxygen atoms in total. The number of imidazole rings is 1. The van der Waals surface area contributed by atoms with Crippen molar-refractivity contribution in [3.63, 3.8) is 0 Å². The van der Waals surface area contributed by atoms with Crippen LogP contribution in [0.15, 0.2) is 35.4 Å². The Kier molecular flexibility index (Phi) is 4.06. The third kappa shape index (κ3) is 2.79. The second kappa shape index (κ2) is 6.40. The maximum Gasteiger partial charge on any atom is 0.274 e. The number of amides is 1. The molecule has 2 aromatic heterocycles. The number of hydrogen-bond donors (Lipinski definition) is 1. The monoisotopic (exact) mass is 351 g/mol. The Balaban J connectivity index is 1.68. The van der Waals surface area contributed by atoms with E-state index in [0.717, 1.165) is 23.2 Å². The summed E-state index contributed by atoms with van der Waals surface area (Å²) in [6, 6.07) is 7.30. The summed E-state index contributed by atoms with van der Waals surface area (Å²) in [5.74, 6) is 0.0110. The number of carbonyl (C=O) groups is 1. The SMILES string of the molecule is CC(C)n1nc(CC(=O)N2CCc3nc[nH]c3C2)c2ccccc2c1=O. The van der Waals surface area contributed by atoms with Crippen LogP contribution in [0.5, 0.6) is 0 Å². The Morgan fingerprint density at radius 2 is 2.04 bits per heavy atom. The van der Waals surface area contributed by atoms with Crippen LogP contribution in [0.25, 0.3) is 10.8 Å². The molecule has 0 unspecified atom stereocenters. The number of nitrogens with zero attached hydrogens (tertiary/aromatic N) is 4. The normalized spacial score (nSPS) is 14.0. The molecule has 1 aromatic carbocycles. The zero-order chi connectivity index (χ0) is 18.3. The lowest BCUT2D eigenvalue weighted by Crippen LogP contribution is -2.37. The fourth-order valence-corrected chi connectivity index (χ4v) is 3.43. The van der Waals surface area contributed by atoms with Crippen LogP contribution in [0.1, 0.15) is 37.0 Å². The van der Waals surface area contributed by atoms with Crippen LogP contribution in [0, 0.1) is 0 Å². The van der Waals surface area contributed by atoms with Gasteiger partial charge in [0.05, 0.1) is 47.8 Å². The van der Waals surface area contributed by atoms with Crippen molar-refractivity contribution in [1.29, 1.82) is 0 Å². The smallest absolute Gasteiger partial charge is 0.274 e. The number of aromatic amines is 1. The molecule has 7 heteroatoms. The van der Waals surface area contributed by atoms with E-state index in [-0.39, 0.29) is 23.9 Å². The number of carbonyl (C=O) groups excluding carboxylic acids is 1. The van der Waals surface area contributed by atoms with Crippen molar-refractivity contribution in [1.82, 2.24) is 24.6 Å². The fraction of sp³-hybridized carbons (Fsp3) is 0.368. The van der Waals surface area contributed by atoms with E-state index < -0.39 is 0 Å². The van der Waals surface area contributed by atoms with Crippen LogP contribution in [0.4, 0.5) is 0 Å². The number of benzene rings is 1. The van der Waals surface area contributed by atoms with Gasteiger partial charge in [-0.1, -0.05) is 18.2 Å². The van der Waals surface area contributed by atoms with Crippen molar-refractivity contribution in [3.05, 3.63) is 58.0 Å². The summed E-state index contributed by atoms with van der Waals surface area (Å²) >= 11 is 0. The largest absolute Gasteiger partial charge is 0.347 e.